The van der Waals surface area contributed by atoms with Gasteiger partial charge in [0.1, 0.15) is 31.8 Å². The van der Waals surface area contributed by atoms with E-state index in [2.05, 4.69) is 30.0 Å². The number of nitrogens with one attached hydrogen (secondary N) is 1. The molecule has 0 saturated heterocycles. The maximum absolute atomic E-state index is 15.2. The summed E-state index contributed by atoms with van der Waals surface area (Å²) in [4.78, 5) is 4.38. The van der Waals surface area contributed by atoms with Crippen LogP contribution >= 0.6 is 15.9 Å². The van der Waals surface area contributed by atoms with E-state index in [1.54, 1.807) is 27.2 Å². The molecule has 2 aromatic rings. The Kier molecular flexibility index (Phi) is 10.9. The first-order valence-electron chi connectivity index (χ1n) is 12.3. The number of aromatic nitrogens is 1. The summed E-state index contributed by atoms with van der Waals surface area (Å²) in [6, 6.07) is 8.31. The molecule has 3 rings (SSSR count). The normalized spacial score (nSPS) is 20.9. The quantitative estimate of drug-likeness (QED) is 0.340. The average Bonchev–Trinajstić information content (AvgIpc) is 3.05. The summed E-state index contributed by atoms with van der Waals surface area (Å²) in [6.07, 6.45) is 3.22. The Balaban J connectivity index is 2.03. The van der Waals surface area contributed by atoms with Gasteiger partial charge in [-0.1, -0.05) is 19.4 Å². The molecule has 1 aliphatic rings. The van der Waals surface area contributed by atoms with Crippen LogP contribution in [0.25, 0.3) is 0 Å². The minimum atomic E-state index is -3.06. The van der Waals surface area contributed by atoms with Gasteiger partial charge in [0.2, 0.25) is 0 Å². The first-order chi connectivity index (χ1) is 17.6. The molecule has 0 aliphatic carbocycles. The van der Waals surface area contributed by atoms with Crippen molar-refractivity contribution in [3.8, 4) is 11.5 Å². The van der Waals surface area contributed by atoms with Crippen LogP contribution in [0.2, 0.25) is 0 Å². The minimum absolute atomic E-state index is 0.0517. The van der Waals surface area contributed by atoms with Crippen molar-refractivity contribution in [2.24, 2.45) is 4.36 Å². The molecule has 37 heavy (non-hydrogen) atoms. The second kappa shape index (κ2) is 13.5. The van der Waals surface area contributed by atoms with E-state index in [4.69, 9.17) is 9.47 Å². The van der Waals surface area contributed by atoms with E-state index in [1.165, 1.54) is 12.1 Å². The van der Waals surface area contributed by atoms with Gasteiger partial charge in [0, 0.05) is 37.0 Å². The number of benzene rings is 1. The standard InChI is InChI=1S/C25H36BrFN4O4S2/c1-5-6-15-36(32)30-25(2,24-21(27)11-12-23(26)29-24)18-37(33)28-13-7-8-14-31(37)17-19-9-10-20(34-3)16-22(19)35-4/h9-12,16,30H,5-8,13-15,17-18H2,1-4H3/t25-,36?,37?/m0/s1. The SMILES string of the molecule is CCCCS(=O)N[C@@](C)(CS1(=O)=NCCCCN1Cc1ccc(OC)cc1OC)c1nc(Br)ccc1F. The third kappa shape index (κ3) is 7.72. The van der Waals surface area contributed by atoms with Crippen LogP contribution in [-0.4, -0.2) is 56.5 Å². The fraction of sp³-hybridized carbons (Fsp3) is 0.560. The predicted molar refractivity (Wildman–Crippen MR) is 150 cm³/mol. The van der Waals surface area contributed by atoms with Crippen molar-refractivity contribution in [1.29, 1.82) is 0 Å². The Morgan fingerprint density at radius 2 is 2.03 bits per heavy atom. The van der Waals surface area contributed by atoms with Crippen LogP contribution in [-0.2, 0) is 33.0 Å². The molecular formula is C25H36BrFN4O4S2. The van der Waals surface area contributed by atoms with Crippen molar-refractivity contribution in [3.05, 3.63) is 52.0 Å². The molecule has 2 unspecified atom stereocenters. The second-order valence-electron chi connectivity index (χ2n) is 9.15. The minimum Gasteiger partial charge on any atom is -0.497 e. The molecule has 1 aromatic carbocycles. The fourth-order valence-electron chi connectivity index (χ4n) is 4.23. The lowest BCUT2D eigenvalue weighted by atomic mass is 10.0. The lowest BCUT2D eigenvalue weighted by molar-refractivity contribution is 0.374. The number of unbranched alkanes of at least 4 members (excludes halogenated alkanes) is 1. The monoisotopic (exact) mass is 618 g/mol. The van der Waals surface area contributed by atoms with E-state index in [1.807, 2.05) is 23.4 Å². The van der Waals surface area contributed by atoms with Crippen molar-refractivity contribution < 1.29 is 22.3 Å². The number of rotatable bonds is 12. The zero-order valence-corrected chi connectivity index (χ0v) is 25.0. The summed E-state index contributed by atoms with van der Waals surface area (Å²) in [6.45, 7) is 5.00. The number of ether oxygens (including phenoxy) is 2. The molecule has 0 amide bonds. The smallest absolute Gasteiger partial charge is 0.146 e. The summed E-state index contributed by atoms with van der Waals surface area (Å²) in [5.74, 6) is 1.02. The lowest BCUT2D eigenvalue weighted by Crippen LogP contribution is -2.50. The molecule has 0 spiro atoms. The van der Waals surface area contributed by atoms with Gasteiger partial charge < -0.3 is 9.47 Å². The van der Waals surface area contributed by atoms with Gasteiger partial charge in [-0.2, -0.15) is 0 Å². The molecule has 206 valence electrons. The van der Waals surface area contributed by atoms with Gasteiger partial charge in [-0.05, 0) is 60.3 Å². The van der Waals surface area contributed by atoms with Crippen LogP contribution in [0.5, 0.6) is 11.5 Å². The maximum Gasteiger partial charge on any atom is 0.146 e. The van der Waals surface area contributed by atoms with Crippen molar-refractivity contribution in [2.45, 2.75) is 51.6 Å². The summed E-state index contributed by atoms with van der Waals surface area (Å²) >= 11 is 3.32. The summed E-state index contributed by atoms with van der Waals surface area (Å²) in [5.41, 5.74) is -0.420. The lowest BCUT2D eigenvalue weighted by Gasteiger charge is -2.34. The Bertz CT molecular complexity index is 1230. The van der Waals surface area contributed by atoms with Crippen LogP contribution in [0, 0.1) is 5.82 Å². The van der Waals surface area contributed by atoms with Gasteiger partial charge in [-0.3, -0.25) is 0 Å². The average molecular weight is 620 g/mol. The van der Waals surface area contributed by atoms with Gasteiger partial charge in [-0.25, -0.2) is 31.2 Å². The Hall–Kier alpha value is -1.60. The van der Waals surface area contributed by atoms with E-state index in [-0.39, 0.29) is 11.4 Å². The highest BCUT2D eigenvalue weighted by atomic mass is 79.9. The predicted octanol–water partition coefficient (Wildman–Crippen LogP) is 4.95. The van der Waals surface area contributed by atoms with E-state index in [9.17, 15) is 8.42 Å². The van der Waals surface area contributed by atoms with Gasteiger partial charge in [-0.15, -0.1) is 0 Å². The van der Waals surface area contributed by atoms with E-state index < -0.39 is 32.3 Å². The molecule has 12 heteroatoms. The zero-order chi connectivity index (χ0) is 27.1. The number of hydrogen-bond donors (Lipinski definition) is 1. The number of methoxy groups -OCH3 is 2. The van der Waals surface area contributed by atoms with Crippen molar-refractivity contribution in [2.75, 3.05) is 38.8 Å². The Morgan fingerprint density at radius 1 is 1.24 bits per heavy atom. The zero-order valence-electron chi connectivity index (χ0n) is 21.8. The third-order valence-corrected chi connectivity index (χ3v) is 10.6. The largest absolute Gasteiger partial charge is 0.497 e. The molecule has 2 heterocycles. The summed E-state index contributed by atoms with van der Waals surface area (Å²) in [5, 5.41) is 0. The van der Waals surface area contributed by atoms with Crippen LogP contribution < -0.4 is 14.2 Å². The third-order valence-electron chi connectivity index (χ3n) is 6.19. The van der Waals surface area contributed by atoms with E-state index in [0.717, 1.165) is 31.2 Å². The highest BCUT2D eigenvalue weighted by Gasteiger charge is 2.39. The Labute approximate surface area is 230 Å². The van der Waals surface area contributed by atoms with Gasteiger partial charge >= 0.3 is 0 Å². The highest BCUT2D eigenvalue weighted by molar-refractivity contribution is 9.10. The summed E-state index contributed by atoms with van der Waals surface area (Å²) in [7, 11) is -1.37. The van der Waals surface area contributed by atoms with Crippen molar-refractivity contribution in [1.82, 2.24) is 14.0 Å². The Morgan fingerprint density at radius 3 is 2.73 bits per heavy atom. The van der Waals surface area contributed by atoms with E-state index in [0.29, 0.717) is 41.5 Å². The first kappa shape index (κ1) is 29.9. The fourth-order valence-corrected chi connectivity index (χ4v) is 8.52. The van der Waals surface area contributed by atoms with Gasteiger partial charge in [0.15, 0.2) is 0 Å². The molecule has 0 fully saturated rings. The van der Waals surface area contributed by atoms with Crippen LogP contribution in [0.3, 0.4) is 0 Å². The molecule has 1 aromatic heterocycles. The number of halogens is 2. The molecule has 1 aliphatic heterocycles. The molecule has 8 nitrogen and oxygen atoms in total. The molecule has 3 atom stereocenters. The molecule has 0 saturated carbocycles. The topological polar surface area (TPSA) is 93.1 Å². The molecule has 0 bridgehead atoms. The highest BCUT2D eigenvalue weighted by Crippen LogP contribution is 2.32. The number of pyridine rings is 1. The van der Waals surface area contributed by atoms with Crippen molar-refractivity contribution in [3.63, 3.8) is 0 Å². The number of hydrogen-bond acceptors (Lipinski definition) is 6. The van der Waals surface area contributed by atoms with E-state index >= 15 is 4.39 Å². The van der Waals surface area contributed by atoms with Crippen LogP contribution in [0.4, 0.5) is 4.39 Å². The second-order valence-corrected chi connectivity index (χ2v) is 13.5. The number of nitrogens with zero attached hydrogens (tertiary/aromatic N) is 3. The van der Waals surface area contributed by atoms with Gasteiger partial charge in [0.05, 0.1) is 42.2 Å². The maximum atomic E-state index is 15.2. The molecule has 0 radical (unpaired) electrons. The summed E-state index contributed by atoms with van der Waals surface area (Å²) < 4.78 is 63.7. The van der Waals surface area contributed by atoms with Crippen LogP contribution in [0.15, 0.2) is 39.3 Å². The van der Waals surface area contributed by atoms with Crippen molar-refractivity contribution >= 4 is 36.8 Å². The molecular weight excluding hydrogens is 583 g/mol. The first-order valence-corrected chi connectivity index (χ1v) is 16.0. The molecule has 1 N–H and O–H groups in total. The van der Waals surface area contributed by atoms with Crippen LogP contribution in [0.1, 0.15) is 50.8 Å². The van der Waals surface area contributed by atoms with Gasteiger partial charge in [0.25, 0.3) is 0 Å².